The van der Waals surface area contributed by atoms with Crippen LogP contribution >= 0.6 is 23.2 Å². The van der Waals surface area contributed by atoms with Gasteiger partial charge >= 0.3 is 0 Å². The van der Waals surface area contributed by atoms with Crippen molar-refractivity contribution in [3.8, 4) is 0 Å². The molecule has 0 aliphatic rings. The van der Waals surface area contributed by atoms with Crippen molar-refractivity contribution in [2.75, 3.05) is 6.54 Å². The SMILES string of the molecule is CCNC(Cc1ccc(Cl)cc1)c1cc(F)c(F)cc1Cl. The Morgan fingerprint density at radius 2 is 1.67 bits per heavy atom. The van der Waals surface area contributed by atoms with Gasteiger partial charge in [-0.1, -0.05) is 42.3 Å². The molecular weight excluding hydrogens is 315 g/mol. The Bertz CT molecular complexity index is 614. The topological polar surface area (TPSA) is 12.0 Å². The maximum Gasteiger partial charge on any atom is 0.160 e. The van der Waals surface area contributed by atoms with Gasteiger partial charge in [-0.25, -0.2) is 8.78 Å². The molecule has 5 heteroatoms. The third kappa shape index (κ3) is 4.16. The average Bonchev–Trinajstić information content (AvgIpc) is 2.45. The van der Waals surface area contributed by atoms with Crippen LogP contribution in [0.2, 0.25) is 10.0 Å². The molecule has 0 saturated carbocycles. The van der Waals surface area contributed by atoms with Crippen molar-refractivity contribution in [3.05, 3.63) is 69.2 Å². The van der Waals surface area contributed by atoms with Crippen molar-refractivity contribution in [1.29, 1.82) is 0 Å². The van der Waals surface area contributed by atoms with Gasteiger partial charge in [0.25, 0.3) is 0 Å². The molecular formula is C16H15Cl2F2N. The summed E-state index contributed by atoms with van der Waals surface area (Å²) in [6.07, 6.45) is 0.607. The summed E-state index contributed by atoms with van der Waals surface area (Å²) in [5, 5.41) is 4.12. The Labute approximate surface area is 132 Å². The molecule has 0 saturated heterocycles. The zero-order valence-electron chi connectivity index (χ0n) is 11.5. The Kier molecular flexibility index (Phi) is 5.57. The van der Waals surface area contributed by atoms with Crippen molar-refractivity contribution >= 4 is 23.2 Å². The van der Waals surface area contributed by atoms with Crippen LogP contribution in [0.25, 0.3) is 0 Å². The quantitative estimate of drug-likeness (QED) is 0.746. The van der Waals surface area contributed by atoms with Crippen LogP contribution in [-0.2, 0) is 6.42 Å². The molecule has 1 atom stereocenters. The predicted molar refractivity (Wildman–Crippen MR) is 82.9 cm³/mol. The number of benzene rings is 2. The number of hydrogen-bond acceptors (Lipinski definition) is 1. The van der Waals surface area contributed by atoms with E-state index in [1.54, 1.807) is 12.1 Å². The number of rotatable bonds is 5. The maximum absolute atomic E-state index is 13.5. The second kappa shape index (κ2) is 7.21. The molecule has 0 bridgehead atoms. The van der Waals surface area contributed by atoms with E-state index in [1.807, 2.05) is 19.1 Å². The molecule has 112 valence electrons. The summed E-state index contributed by atoms with van der Waals surface area (Å²) < 4.78 is 26.7. The normalized spacial score (nSPS) is 12.4. The standard InChI is InChI=1S/C16H15Cl2F2N/c1-2-21-16(7-10-3-5-11(17)6-4-10)12-8-14(19)15(20)9-13(12)18/h3-6,8-9,16,21H,2,7H2,1H3. The summed E-state index contributed by atoms with van der Waals surface area (Å²) >= 11 is 11.9. The zero-order valence-corrected chi connectivity index (χ0v) is 13.0. The van der Waals surface area contributed by atoms with E-state index in [2.05, 4.69) is 5.32 Å². The third-order valence-electron chi connectivity index (χ3n) is 3.22. The van der Waals surface area contributed by atoms with Gasteiger partial charge in [-0.15, -0.1) is 0 Å². The van der Waals surface area contributed by atoms with Gasteiger partial charge in [0.2, 0.25) is 0 Å². The van der Waals surface area contributed by atoms with Crippen molar-refractivity contribution in [3.63, 3.8) is 0 Å². The minimum atomic E-state index is -0.939. The lowest BCUT2D eigenvalue weighted by atomic mass is 9.98. The summed E-state index contributed by atoms with van der Waals surface area (Å²) in [6.45, 7) is 2.64. The lowest BCUT2D eigenvalue weighted by molar-refractivity contribution is 0.497. The highest BCUT2D eigenvalue weighted by Crippen LogP contribution is 2.28. The monoisotopic (exact) mass is 329 g/mol. The minimum absolute atomic E-state index is 0.196. The molecule has 2 rings (SSSR count). The number of nitrogens with one attached hydrogen (secondary N) is 1. The lowest BCUT2D eigenvalue weighted by Crippen LogP contribution is -2.23. The van der Waals surface area contributed by atoms with Crippen LogP contribution in [0.4, 0.5) is 8.78 Å². The first kappa shape index (κ1) is 16.2. The Hall–Kier alpha value is -1.16. The largest absolute Gasteiger partial charge is 0.310 e. The minimum Gasteiger partial charge on any atom is -0.310 e. The van der Waals surface area contributed by atoms with E-state index >= 15 is 0 Å². The molecule has 0 aliphatic carbocycles. The molecule has 0 amide bonds. The van der Waals surface area contributed by atoms with E-state index in [-0.39, 0.29) is 11.1 Å². The van der Waals surface area contributed by atoms with Gasteiger partial charge in [0.15, 0.2) is 11.6 Å². The molecule has 0 radical (unpaired) electrons. The Morgan fingerprint density at radius 3 is 2.29 bits per heavy atom. The van der Waals surface area contributed by atoms with E-state index in [1.165, 1.54) is 0 Å². The van der Waals surface area contributed by atoms with E-state index < -0.39 is 11.6 Å². The molecule has 0 aliphatic heterocycles. The molecule has 0 aromatic heterocycles. The molecule has 0 spiro atoms. The predicted octanol–water partition coefficient (Wildman–Crippen LogP) is 5.16. The van der Waals surface area contributed by atoms with Crippen LogP contribution in [0.3, 0.4) is 0 Å². The maximum atomic E-state index is 13.5. The van der Waals surface area contributed by atoms with Gasteiger partial charge in [-0.3, -0.25) is 0 Å². The molecule has 1 unspecified atom stereocenters. The fraction of sp³-hybridized carbons (Fsp3) is 0.250. The van der Waals surface area contributed by atoms with E-state index in [0.29, 0.717) is 23.6 Å². The van der Waals surface area contributed by atoms with Gasteiger partial charge in [-0.2, -0.15) is 0 Å². The lowest BCUT2D eigenvalue weighted by Gasteiger charge is -2.20. The summed E-state index contributed by atoms with van der Waals surface area (Å²) in [4.78, 5) is 0. The first-order valence-electron chi connectivity index (χ1n) is 6.63. The highest BCUT2D eigenvalue weighted by atomic mass is 35.5. The van der Waals surface area contributed by atoms with Gasteiger partial charge in [0.05, 0.1) is 0 Å². The Morgan fingerprint density at radius 1 is 1.05 bits per heavy atom. The van der Waals surface area contributed by atoms with Gasteiger partial charge in [0.1, 0.15) is 0 Å². The van der Waals surface area contributed by atoms with E-state index in [4.69, 9.17) is 23.2 Å². The van der Waals surface area contributed by atoms with E-state index in [0.717, 1.165) is 17.7 Å². The van der Waals surface area contributed by atoms with Gasteiger partial charge < -0.3 is 5.32 Å². The van der Waals surface area contributed by atoms with Gasteiger partial charge in [0, 0.05) is 16.1 Å². The molecule has 1 N–H and O–H groups in total. The van der Waals surface area contributed by atoms with Crippen molar-refractivity contribution in [2.24, 2.45) is 0 Å². The van der Waals surface area contributed by atoms with E-state index in [9.17, 15) is 8.78 Å². The fourth-order valence-electron chi connectivity index (χ4n) is 2.20. The van der Waals surface area contributed by atoms with Crippen LogP contribution in [-0.4, -0.2) is 6.54 Å². The summed E-state index contributed by atoms with van der Waals surface area (Å²) in [5.41, 5.74) is 1.58. The summed E-state index contributed by atoms with van der Waals surface area (Å²) in [7, 11) is 0. The number of likely N-dealkylation sites (N-methyl/N-ethyl adjacent to an activating group) is 1. The zero-order chi connectivity index (χ0) is 15.4. The highest BCUT2D eigenvalue weighted by Gasteiger charge is 2.17. The van der Waals surface area contributed by atoms with Crippen LogP contribution in [0.5, 0.6) is 0 Å². The molecule has 2 aromatic rings. The first-order chi connectivity index (χ1) is 10.0. The van der Waals surface area contributed by atoms with Crippen LogP contribution < -0.4 is 5.32 Å². The fourth-order valence-corrected chi connectivity index (χ4v) is 2.61. The second-order valence-corrected chi connectivity index (χ2v) is 5.57. The van der Waals surface area contributed by atoms with Crippen molar-refractivity contribution in [1.82, 2.24) is 5.32 Å². The van der Waals surface area contributed by atoms with Crippen LogP contribution in [0.1, 0.15) is 24.1 Å². The average molecular weight is 330 g/mol. The van der Waals surface area contributed by atoms with Gasteiger partial charge in [-0.05, 0) is 48.4 Å². The molecule has 21 heavy (non-hydrogen) atoms. The third-order valence-corrected chi connectivity index (χ3v) is 3.80. The molecule has 0 heterocycles. The second-order valence-electron chi connectivity index (χ2n) is 4.73. The molecule has 1 nitrogen and oxygen atoms in total. The molecule has 0 fully saturated rings. The summed E-state index contributed by atoms with van der Waals surface area (Å²) in [6, 6.07) is 9.37. The van der Waals surface area contributed by atoms with Crippen LogP contribution in [0.15, 0.2) is 36.4 Å². The van der Waals surface area contributed by atoms with Crippen LogP contribution in [0, 0.1) is 11.6 Å². The highest BCUT2D eigenvalue weighted by molar-refractivity contribution is 6.31. The first-order valence-corrected chi connectivity index (χ1v) is 7.39. The summed E-state index contributed by atoms with van der Waals surface area (Å²) in [5.74, 6) is -1.83. The number of hydrogen-bond donors (Lipinski definition) is 1. The van der Waals surface area contributed by atoms with Crippen molar-refractivity contribution < 1.29 is 8.78 Å². The van der Waals surface area contributed by atoms with Crippen molar-refractivity contribution in [2.45, 2.75) is 19.4 Å². The molecule has 2 aromatic carbocycles. The number of halogens is 4. The Balaban J connectivity index is 2.30. The smallest absolute Gasteiger partial charge is 0.160 e.